The van der Waals surface area contributed by atoms with Crippen LogP contribution < -0.4 is 9.44 Å². The molecule has 0 saturated carbocycles. The van der Waals surface area contributed by atoms with E-state index in [0.29, 0.717) is 22.7 Å². The van der Waals surface area contributed by atoms with E-state index < -0.39 is 10.2 Å². The molecule has 7 heteroatoms. The molecule has 0 heterocycles. The van der Waals surface area contributed by atoms with E-state index in [2.05, 4.69) is 21.3 Å². The van der Waals surface area contributed by atoms with Crippen molar-refractivity contribution in [1.82, 2.24) is 4.72 Å². The molecule has 0 unspecified atom stereocenters. The van der Waals surface area contributed by atoms with Gasteiger partial charge in [-0.05, 0) is 18.2 Å². The second kappa shape index (κ2) is 6.61. The fraction of sp³-hybridized carbons (Fsp3) is 0.273. The summed E-state index contributed by atoms with van der Waals surface area (Å²) in [7, 11) is -2.30. The maximum atomic E-state index is 11.4. The summed E-state index contributed by atoms with van der Waals surface area (Å²) in [4.78, 5) is 0. The molecule has 3 N–H and O–H groups in total. The Labute approximate surface area is 111 Å². The van der Waals surface area contributed by atoms with Crippen molar-refractivity contribution in [2.75, 3.05) is 18.4 Å². The zero-order chi connectivity index (χ0) is 13.6. The Morgan fingerprint density at radius 1 is 1.44 bits per heavy atom. The van der Waals surface area contributed by atoms with Gasteiger partial charge >= 0.3 is 0 Å². The third-order valence-corrected chi connectivity index (χ3v) is 3.22. The van der Waals surface area contributed by atoms with E-state index in [9.17, 15) is 8.42 Å². The number of aliphatic hydroxyl groups is 1. The van der Waals surface area contributed by atoms with Crippen molar-refractivity contribution in [2.24, 2.45) is 0 Å². The monoisotopic (exact) mass is 288 g/mol. The fourth-order valence-corrected chi connectivity index (χ4v) is 1.86. The van der Waals surface area contributed by atoms with E-state index in [1.165, 1.54) is 13.1 Å². The van der Waals surface area contributed by atoms with Gasteiger partial charge in [0, 0.05) is 18.5 Å². The highest BCUT2D eigenvalue weighted by molar-refractivity contribution is 7.90. The molecule has 0 bridgehead atoms. The van der Waals surface area contributed by atoms with Gasteiger partial charge in [-0.1, -0.05) is 23.4 Å². The molecule has 0 fully saturated rings. The number of anilines is 1. The summed E-state index contributed by atoms with van der Waals surface area (Å²) >= 11 is 5.82. The van der Waals surface area contributed by atoms with Gasteiger partial charge in [0.2, 0.25) is 0 Å². The Kier molecular flexibility index (Phi) is 5.44. The van der Waals surface area contributed by atoms with Crippen molar-refractivity contribution >= 4 is 27.5 Å². The van der Waals surface area contributed by atoms with Crippen LogP contribution >= 0.6 is 11.6 Å². The molecule has 0 aliphatic heterocycles. The van der Waals surface area contributed by atoms with Gasteiger partial charge in [0.1, 0.15) is 0 Å². The SMILES string of the molecule is CNS(=O)(=O)Nc1ccc(Cl)cc1C#CCCO. The summed E-state index contributed by atoms with van der Waals surface area (Å²) < 4.78 is 27.3. The lowest BCUT2D eigenvalue weighted by molar-refractivity contribution is 0.305. The van der Waals surface area contributed by atoms with Crippen LogP contribution in [0.4, 0.5) is 5.69 Å². The average molecular weight is 289 g/mol. The Morgan fingerprint density at radius 2 is 2.17 bits per heavy atom. The van der Waals surface area contributed by atoms with Crippen LogP contribution in [0.2, 0.25) is 5.02 Å². The fourth-order valence-electron chi connectivity index (χ4n) is 1.12. The predicted octanol–water partition coefficient (Wildman–Crippen LogP) is 0.950. The summed E-state index contributed by atoms with van der Waals surface area (Å²) in [5.41, 5.74) is 0.786. The van der Waals surface area contributed by atoms with Crippen molar-refractivity contribution in [2.45, 2.75) is 6.42 Å². The third-order valence-electron chi connectivity index (χ3n) is 1.95. The van der Waals surface area contributed by atoms with E-state index in [-0.39, 0.29) is 6.61 Å². The van der Waals surface area contributed by atoms with Gasteiger partial charge in [0.25, 0.3) is 10.2 Å². The van der Waals surface area contributed by atoms with E-state index in [4.69, 9.17) is 16.7 Å². The molecule has 0 atom stereocenters. The van der Waals surface area contributed by atoms with E-state index in [1.54, 1.807) is 12.1 Å². The van der Waals surface area contributed by atoms with Gasteiger partial charge in [-0.2, -0.15) is 8.42 Å². The van der Waals surface area contributed by atoms with Gasteiger partial charge in [-0.3, -0.25) is 4.72 Å². The van der Waals surface area contributed by atoms with Crippen LogP contribution in [0.25, 0.3) is 0 Å². The largest absolute Gasteiger partial charge is 0.395 e. The first-order valence-corrected chi connectivity index (χ1v) is 6.95. The van der Waals surface area contributed by atoms with Crippen LogP contribution in [-0.4, -0.2) is 27.2 Å². The average Bonchev–Trinajstić information content (AvgIpc) is 2.33. The molecular formula is C11H13ClN2O3S. The van der Waals surface area contributed by atoms with Crippen LogP contribution in [0, 0.1) is 11.8 Å². The standard InChI is InChI=1S/C11H13ClN2O3S/c1-13-18(16,17)14-11-6-5-10(12)8-9(11)4-2-3-7-15/h5-6,8,13-15H,3,7H2,1H3. The van der Waals surface area contributed by atoms with Crippen molar-refractivity contribution in [3.63, 3.8) is 0 Å². The highest BCUT2D eigenvalue weighted by Crippen LogP contribution is 2.20. The van der Waals surface area contributed by atoms with Crippen LogP contribution in [0.1, 0.15) is 12.0 Å². The number of benzene rings is 1. The molecule has 0 spiro atoms. The van der Waals surface area contributed by atoms with Gasteiger partial charge in [-0.25, -0.2) is 4.72 Å². The van der Waals surface area contributed by atoms with E-state index in [0.717, 1.165) is 0 Å². The number of hydrogen-bond donors (Lipinski definition) is 3. The molecule has 18 heavy (non-hydrogen) atoms. The Bertz CT molecular complexity index is 576. The lowest BCUT2D eigenvalue weighted by Crippen LogP contribution is -2.26. The maximum absolute atomic E-state index is 11.4. The molecule has 5 nitrogen and oxygen atoms in total. The van der Waals surface area contributed by atoms with E-state index in [1.807, 2.05) is 0 Å². The molecule has 1 aromatic rings. The van der Waals surface area contributed by atoms with Crippen molar-refractivity contribution in [1.29, 1.82) is 0 Å². The smallest absolute Gasteiger partial charge is 0.298 e. The Morgan fingerprint density at radius 3 is 2.78 bits per heavy atom. The summed E-state index contributed by atoms with van der Waals surface area (Å²) in [6, 6.07) is 4.64. The first-order chi connectivity index (χ1) is 8.48. The van der Waals surface area contributed by atoms with Crippen molar-refractivity contribution in [3.8, 4) is 11.8 Å². The predicted molar refractivity (Wildman–Crippen MR) is 71.6 cm³/mol. The first kappa shape index (κ1) is 14.8. The number of nitrogens with one attached hydrogen (secondary N) is 2. The minimum absolute atomic E-state index is 0.0505. The second-order valence-electron chi connectivity index (χ2n) is 3.27. The van der Waals surface area contributed by atoms with Crippen molar-refractivity contribution < 1.29 is 13.5 Å². The van der Waals surface area contributed by atoms with Gasteiger partial charge in [0.05, 0.1) is 17.9 Å². The maximum Gasteiger partial charge on any atom is 0.298 e. The minimum atomic E-state index is -3.60. The molecular weight excluding hydrogens is 276 g/mol. The number of halogens is 1. The zero-order valence-electron chi connectivity index (χ0n) is 9.70. The molecule has 0 amide bonds. The molecule has 0 aromatic heterocycles. The molecule has 98 valence electrons. The first-order valence-electron chi connectivity index (χ1n) is 5.09. The summed E-state index contributed by atoms with van der Waals surface area (Å²) in [5, 5.41) is 9.10. The lowest BCUT2D eigenvalue weighted by atomic mass is 10.2. The second-order valence-corrected chi connectivity index (χ2v) is 5.33. The molecule has 1 rings (SSSR count). The number of aliphatic hydroxyl groups excluding tert-OH is 1. The van der Waals surface area contributed by atoms with Crippen LogP contribution in [0.5, 0.6) is 0 Å². The van der Waals surface area contributed by atoms with Crippen LogP contribution in [0.15, 0.2) is 18.2 Å². The molecule has 0 saturated heterocycles. The lowest BCUT2D eigenvalue weighted by Gasteiger charge is -2.08. The normalized spacial score (nSPS) is 10.6. The highest BCUT2D eigenvalue weighted by Gasteiger charge is 2.09. The third kappa shape index (κ3) is 4.55. The minimum Gasteiger partial charge on any atom is -0.395 e. The van der Waals surface area contributed by atoms with Gasteiger partial charge in [0.15, 0.2) is 0 Å². The quantitative estimate of drug-likeness (QED) is 0.722. The molecule has 0 radical (unpaired) electrons. The van der Waals surface area contributed by atoms with Gasteiger partial charge in [-0.15, -0.1) is 0 Å². The number of hydrogen-bond acceptors (Lipinski definition) is 3. The molecule has 1 aromatic carbocycles. The summed E-state index contributed by atoms with van der Waals surface area (Å²) in [6.45, 7) is -0.0505. The highest BCUT2D eigenvalue weighted by atomic mass is 35.5. The Balaban J connectivity index is 3.09. The molecule has 0 aliphatic rings. The van der Waals surface area contributed by atoms with Crippen LogP contribution in [-0.2, 0) is 10.2 Å². The Hall–Kier alpha value is -1.26. The van der Waals surface area contributed by atoms with Gasteiger partial charge < -0.3 is 5.11 Å². The molecule has 0 aliphatic carbocycles. The topological polar surface area (TPSA) is 78.4 Å². The number of rotatable bonds is 4. The van der Waals surface area contributed by atoms with Crippen molar-refractivity contribution in [3.05, 3.63) is 28.8 Å². The summed E-state index contributed by atoms with van der Waals surface area (Å²) in [5.74, 6) is 5.46. The summed E-state index contributed by atoms with van der Waals surface area (Å²) in [6.07, 6.45) is 0.310. The van der Waals surface area contributed by atoms with E-state index >= 15 is 0 Å². The zero-order valence-corrected chi connectivity index (χ0v) is 11.3. The van der Waals surface area contributed by atoms with Crippen LogP contribution in [0.3, 0.4) is 0 Å².